The van der Waals surface area contributed by atoms with Crippen LogP contribution < -0.4 is 0 Å². The van der Waals surface area contributed by atoms with Crippen molar-refractivity contribution in [2.75, 3.05) is 13.1 Å². The monoisotopic (exact) mass is 259 g/mol. The zero-order chi connectivity index (χ0) is 11.4. The zero-order valence-corrected chi connectivity index (χ0v) is 10.6. The smallest absolute Gasteiger partial charge is 0.223 e. The van der Waals surface area contributed by atoms with E-state index in [9.17, 15) is 0 Å². The minimum absolute atomic E-state index is 0.213. The van der Waals surface area contributed by atoms with Crippen molar-refractivity contribution < 1.29 is 0 Å². The molecule has 1 aliphatic heterocycles. The first-order chi connectivity index (χ1) is 7.75. The van der Waals surface area contributed by atoms with Crippen molar-refractivity contribution in [3.05, 3.63) is 22.2 Å². The van der Waals surface area contributed by atoms with Crippen LogP contribution in [0.25, 0.3) is 0 Å². The molecule has 0 radical (unpaired) electrons. The number of hydrogen-bond acceptors (Lipinski definition) is 3. The zero-order valence-electron chi connectivity index (χ0n) is 9.12. The van der Waals surface area contributed by atoms with Gasteiger partial charge in [-0.1, -0.05) is 24.4 Å². The Labute approximate surface area is 106 Å². The van der Waals surface area contributed by atoms with E-state index in [1.165, 1.54) is 25.7 Å². The number of rotatable bonds is 2. The molecule has 16 heavy (non-hydrogen) atoms. The highest BCUT2D eigenvalue weighted by atomic mass is 35.5. The van der Waals surface area contributed by atoms with Gasteiger partial charge in [0.15, 0.2) is 0 Å². The standard InChI is InChI=1S/C11H15Cl2N3/c12-10-9(7-14-11(13)15-10)8-16-5-3-1-2-4-6-16/h7H,1-6,8H2. The molecule has 3 nitrogen and oxygen atoms in total. The summed E-state index contributed by atoms with van der Waals surface area (Å²) < 4.78 is 0. The van der Waals surface area contributed by atoms with Crippen LogP contribution in [0.3, 0.4) is 0 Å². The van der Waals surface area contributed by atoms with Crippen molar-refractivity contribution in [2.45, 2.75) is 32.2 Å². The lowest BCUT2D eigenvalue weighted by Gasteiger charge is -2.19. The SMILES string of the molecule is Clc1ncc(CN2CCCCCC2)c(Cl)n1. The van der Waals surface area contributed by atoms with Crippen molar-refractivity contribution in [1.82, 2.24) is 14.9 Å². The molecule has 1 aromatic heterocycles. The number of nitrogens with zero attached hydrogens (tertiary/aromatic N) is 3. The summed E-state index contributed by atoms with van der Waals surface area (Å²) in [6, 6.07) is 0. The maximum absolute atomic E-state index is 6.03. The molecule has 0 amide bonds. The van der Waals surface area contributed by atoms with E-state index in [4.69, 9.17) is 23.2 Å². The molecule has 88 valence electrons. The van der Waals surface area contributed by atoms with E-state index in [0.29, 0.717) is 5.15 Å². The molecule has 5 heteroatoms. The molecular weight excluding hydrogens is 245 g/mol. The van der Waals surface area contributed by atoms with Gasteiger partial charge in [0.05, 0.1) is 0 Å². The normalized spacial score (nSPS) is 18.4. The Kier molecular flexibility index (Phi) is 4.38. The first-order valence-electron chi connectivity index (χ1n) is 5.65. The summed E-state index contributed by atoms with van der Waals surface area (Å²) in [5.41, 5.74) is 0.966. The minimum atomic E-state index is 0.213. The Bertz CT molecular complexity index is 349. The lowest BCUT2D eigenvalue weighted by molar-refractivity contribution is 0.276. The van der Waals surface area contributed by atoms with Crippen LogP contribution in [0.1, 0.15) is 31.2 Å². The number of likely N-dealkylation sites (tertiary alicyclic amines) is 1. The maximum Gasteiger partial charge on any atom is 0.223 e. The summed E-state index contributed by atoms with van der Waals surface area (Å²) in [7, 11) is 0. The van der Waals surface area contributed by atoms with E-state index in [0.717, 1.165) is 25.2 Å². The highest BCUT2D eigenvalue weighted by molar-refractivity contribution is 6.32. The van der Waals surface area contributed by atoms with E-state index < -0.39 is 0 Å². The van der Waals surface area contributed by atoms with Gasteiger partial charge in [-0.15, -0.1) is 0 Å². The van der Waals surface area contributed by atoms with Crippen LogP contribution in [0.15, 0.2) is 6.20 Å². The number of aromatic nitrogens is 2. The van der Waals surface area contributed by atoms with Gasteiger partial charge in [0.25, 0.3) is 0 Å². The van der Waals surface area contributed by atoms with E-state index in [1.807, 2.05) is 0 Å². The minimum Gasteiger partial charge on any atom is -0.299 e. The molecule has 1 fully saturated rings. The van der Waals surface area contributed by atoms with Crippen molar-refractivity contribution in [1.29, 1.82) is 0 Å². The van der Waals surface area contributed by atoms with E-state index >= 15 is 0 Å². The number of hydrogen-bond donors (Lipinski definition) is 0. The first kappa shape index (κ1) is 12.1. The fourth-order valence-electron chi connectivity index (χ4n) is 2.01. The second-order valence-corrected chi connectivity index (χ2v) is 4.84. The number of halogens is 2. The third kappa shape index (κ3) is 3.30. The van der Waals surface area contributed by atoms with Gasteiger partial charge in [0.2, 0.25) is 5.28 Å². The molecule has 1 aliphatic rings. The Balaban J connectivity index is 2.01. The molecule has 0 atom stereocenters. The highest BCUT2D eigenvalue weighted by Crippen LogP contribution is 2.18. The van der Waals surface area contributed by atoms with Crippen LogP contribution in [0, 0.1) is 0 Å². The fourth-order valence-corrected chi connectivity index (χ4v) is 2.37. The van der Waals surface area contributed by atoms with Crippen LogP contribution in [0.2, 0.25) is 10.4 Å². The fraction of sp³-hybridized carbons (Fsp3) is 0.636. The molecular formula is C11H15Cl2N3. The van der Waals surface area contributed by atoms with E-state index in [-0.39, 0.29) is 5.28 Å². The molecule has 2 heterocycles. The molecule has 0 unspecified atom stereocenters. The molecule has 0 saturated carbocycles. The van der Waals surface area contributed by atoms with Gasteiger partial charge in [-0.3, -0.25) is 4.90 Å². The molecule has 1 saturated heterocycles. The predicted molar refractivity (Wildman–Crippen MR) is 65.8 cm³/mol. The average Bonchev–Trinajstić information content (AvgIpc) is 2.51. The van der Waals surface area contributed by atoms with Gasteiger partial charge in [-0.25, -0.2) is 9.97 Å². The summed E-state index contributed by atoms with van der Waals surface area (Å²) in [5, 5.41) is 0.689. The summed E-state index contributed by atoms with van der Waals surface area (Å²) in [5.74, 6) is 0. The third-order valence-corrected chi connectivity index (χ3v) is 3.38. The quantitative estimate of drug-likeness (QED) is 0.604. The van der Waals surface area contributed by atoms with Crippen molar-refractivity contribution >= 4 is 23.2 Å². The van der Waals surface area contributed by atoms with Gasteiger partial charge in [0.1, 0.15) is 5.15 Å². The predicted octanol–water partition coefficient (Wildman–Crippen LogP) is 3.16. The Morgan fingerprint density at radius 1 is 1.12 bits per heavy atom. The van der Waals surface area contributed by atoms with E-state index in [2.05, 4.69) is 14.9 Å². The van der Waals surface area contributed by atoms with Crippen LogP contribution in [-0.4, -0.2) is 28.0 Å². The summed E-state index contributed by atoms with van der Waals surface area (Å²) >= 11 is 11.7. The topological polar surface area (TPSA) is 29.0 Å². The molecule has 0 aliphatic carbocycles. The van der Waals surface area contributed by atoms with Crippen LogP contribution in [-0.2, 0) is 6.54 Å². The lowest BCUT2D eigenvalue weighted by atomic mass is 10.2. The lowest BCUT2D eigenvalue weighted by Crippen LogP contribution is -2.24. The van der Waals surface area contributed by atoms with E-state index in [1.54, 1.807) is 6.20 Å². The first-order valence-corrected chi connectivity index (χ1v) is 6.40. The maximum atomic E-state index is 6.03. The van der Waals surface area contributed by atoms with Crippen molar-refractivity contribution in [3.63, 3.8) is 0 Å². The van der Waals surface area contributed by atoms with Gasteiger partial charge in [-0.2, -0.15) is 0 Å². The van der Waals surface area contributed by atoms with Gasteiger partial charge < -0.3 is 0 Å². The molecule has 1 aromatic rings. The Morgan fingerprint density at radius 3 is 2.44 bits per heavy atom. The second kappa shape index (κ2) is 5.80. The second-order valence-electron chi connectivity index (χ2n) is 4.15. The van der Waals surface area contributed by atoms with Gasteiger partial charge >= 0.3 is 0 Å². The molecule has 0 bridgehead atoms. The van der Waals surface area contributed by atoms with Crippen LogP contribution >= 0.6 is 23.2 Å². The average molecular weight is 260 g/mol. The Hall–Kier alpha value is -0.380. The molecule has 0 aromatic carbocycles. The molecule has 2 rings (SSSR count). The Morgan fingerprint density at radius 2 is 1.81 bits per heavy atom. The van der Waals surface area contributed by atoms with Gasteiger partial charge in [0, 0.05) is 18.3 Å². The summed E-state index contributed by atoms with van der Waals surface area (Å²) in [4.78, 5) is 10.3. The van der Waals surface area contributed by atoms with Crippen LogP contribution in [0.5, 0.6) is 0 Å². The van der Waals surface area contributed by atoms with Crippen LogP contribution in [0.4, 0.5) is 0 Å². The molecule has 0 N–H and O–H groups in total. The third-order valence-electron chi connectivity index (χ3n) is 2.87. The largest absolute Gasteiger partial charge is 0.299 e. The summed E-state index contributed by atoms with van der Waals surface area (Å²) in [6.07, 6.45) is 6.93. The molecule has 0 spiro atoms. The summed E-state index contributed by atoms with van der Waals surface area (Å²) in [6.45, 7) is 3.11. The van der Waals surface area contributed by atoms with Crippen molar-refractivity contribution in [2.24, 2.45) is 0 Å². The van der Waals surface area contributed by atoms with Crippen molar-refractivity contribution in [3.8, 4) is 0 Å². The van der Waals surface area contributed by atoms with Gasteiger partial charge in [-0.05, 0) is 37.5 Å². The highest BCUT2D eigenvalue weighted by Gasteiger charge is 2.12.